The highest BCUT2D eigenvalue weighted by Crippen LogP contribution is 2.17. The standard InChI is InChI=1S/C19H25N5O3/c1-3-15-16(18(25)23-22-17(15)4-2)11-21-19(26)24-10-7-14(12-24)27-13-5-8-20-9-6-13/h5-6,8-9,14H,3-4,7,10-12H2,1-2H3,(H,21,26)(H,23,25)/t14-/m1/s1. The third kappa shape index (κ3) is 4.45. The van der Waals surface area contributed by atoms with Crippen LogP contribution in [0.2, 0.25) is 0 Å². The Kier molecular flexibility index (Phi) is 6.05. The molecule has 2 aromatic heterocycles. The molecule has 2 N–H and O–H groups in total. The first kappa shape index (κ1) is 18.9. The number of rotatable bonds is 6. The van der Waals surface area contributed by atoms with E-state index in [9.17, 15) is 9.59 Å². The minimum absolute atomic E-state index is 0.0413. The molecule has 1 atom stereocenters. The van der Waals surface area contributed by atoms with Gasteiger partial charge in [-0.25, -0.2) is 9.89 Å². The summed E-state index contributed by atoms with van der Waals surface area (Å²) < 4.78 is 5.88. The number of aromatic nitrogens is 3. The number of carbonyl (C=O) groups excluding carboxylic acids is 1. The molecule has 0 radical (unpaired) electrons. The van der Waals surface area contributed by atoms with Gasteiger partial charge in [0.25, 0.3) is 5.56 Å². The quantitative estimate of drug-likeness (QED) is 0.804. The number of carbonyl (C=O) groups is 1. The Hall–Kier alpha value is -2.90. The van der Waals surface area contributed by atoms with Gasteiger partial charge in [-0.3, -0.25) is 9.78 Å². The first-order valence-electron chi connectivity index (χ1n) is 9.31. The van der Waals surface area contributed by atoms with Crippen LogP contribution in [0.1, 0.15) is 37.1 Å². The maximum atomic E-state index is 12.5. The second-order valence-corrected chi connectivity index (χ2v) is 6.48. The van der Waals surface area contributed by atoms with E-state index < -0.39 is 0 Å². The van der Waals surface area contributed by atoms with Crippen LogP contribution in [0, 0.1) is 0 Å². The predicted octanol–water partition coefficient (Wildman–Crippen LogP) is 1.65. The molecule has 1 aliphatic heterocycles. The Bertz CT molecular complexity index is 837. The van der Waals surface area contributed by atoms with Gasteiger partial charge in [0, 0.05) is 30.9 Å². The molecular weight excluding hydrogens is 346 g/mol. The third-order valence-electron chi connectivity index (χ3n) is 4.77. The monoisotopic (exact) mass is 371 g/mol. The van der Waals surface area contributed by atoms with Crippen LogP contribution >= 0.6 is 0 Å². The van der Waals surface area contributed by atoms with Gasteiger partial charge in [0.15, 0.2) is 0 Å². The number of likely N-dealkylation sites (tertiary alicyclic amines) is 1. The molecule has 1 fully saturated rings. The molecule has 8 nitrogen and oxygen atoms in total. The average Bonchev–Trinajstić information content (AvgIpc) is 3.15. The number of aromatic amines is 1. The second kappa shape index (κ2) is 8.66. The van der Waals surface area contributed by atoms with Gasteiger partial charge in [-0.2, -0.15) is 5.10 Å². The molecule has 0 aromatic carbocycles. The third-order valence-corrected chi connectivity index (χ3v) is 4.77. The summed E-state index contributed by atoms with van der Waals surface area (Å²) in [6.07, 6.45) is 5.53. The maximum Gasteiger partial charge on any atom is 0.317 e. The topological polar surface area (TPSA) is 100 Å². The molecule has 3 rings (SSSR count). The zero-order chi connectivity index (χ0) is 19.2. The van der Waals surface area contributed by atoms with Crippen molar-refractivity contribution in [1.29, 1.82) is 0 Å². The normalized spacial score (nSPS) is 16.4. The van der Waals surface area contributed by atoms with Gasteiger partial charge in [-0.05, 0) is 30.5 Å². The van der Waals surface area contributed by atoms with Crippen molar-refractivity contribution in [3.8, 4) is 5.75 Å². The molecule has 0 aliphatic carbocycles. The molecule has 0 unspecified atom stereocenters. The largest absolute Gasteiger partial charge is 0.488 e. The second-order valence-electron chi connectivity index (χ2n) is 6.48. The first-order valence-corrected chi connectivity index (χ1v) is 9.31. The van der Waals surface area contributed by atoms with E-state index in [1.54, 1.807) is 29.4 Å². The lowest BCUT2D eigenvalue weighted by molar-refractivity contribution is 0.186. The highest BCUT2D eigenvalue weighted by atomic mass is 16.5. The van der Waals surface area contributed by atoms with Crippen LogP contribution in [-0.2, 0) is 19.4 Å². The van der Waals surface area contributed by atoms with E-state index in [0.717, 1.165) is 29.8 Å². The molecule has 27 heavy (non-hydrogen) atoms. The summed E-state index contributed by atoms with van der Waals surface area (Å²) >= 11 is 0. The lowest BCUT2D eigenvalue weighted by Crippen LogP contribution is -2.40. The van der Waals surface area contributed by atoms with E-state index in [1.165, 1.54) is 0 Å². The maximum absolute atomic E-state index is 12.5. The van der Waals surface area contributed by atoms with Crippen LogP contribution in [0.3, 0.4) is 0 Å². The number of ether oxygens (including phenoxy) is 1. The van der Waals surface area contributed by atoms with Crippen LogP contribution < -0.4 is 15.6 Å². The first-order chi connectivity index (χ1) is 13.1. The van der Waals surface area contributed by atoms with Crippen molar-refractivity contribution in [2.75, 3.05) is 13.1 Å². The summed E-state index contributed by atoms with van der Waals surface area (Å²) in [7, 11) is 0. The highest BCUT2D eigenvalue weighted by Gasteiger charge is 2.27. The van der Waals surface area contributed by atoms with Gasteiger partial charge < -0.3 is 15.0 Å². The fourth-order valence-electron chi connectivity index (χ4n) is 3.36. The number of H-pyrrole nitrogens is 1. The Morgan fingerprint density at radius 1 is 1.30 bits per heavy atom. The number of aryl methyl sites for hydroxylation is 1. The molecule has 0 bridgehead atoms. The van der Waals surface area contributed by atoms with Crippen LogP contribution in [0.25, 0.3) is 0 Å². The summed E-state index contributed by atoms with van der Waals surface area (Å²) in [5, 5.41) is 9.49. The zero-order valence-electron chi connectivity index (χ0n) is 15.7. The van der Waals surface area contributed by atoms with Gasteiger partial charge >= 0.3 is 6.03 Å². The smallest absolute Gasteiger partial charge is 0.317 e. The number of nitrogens with one attached hydrogen (secondary N) is 2. The van der Waals surface area contributed by atoms with Crippen molar-refractivity contribution in [3.05, 3.63) is 51.7 Å². The number of hydrogen-bond donors (Lipinski definition) is 2. The molecule has 1 saturated heterocycles. The van der Waals surface area contributed by atoms with Crippen molar-refractivity contribution < 1.29 is 9.53 Å². The Balaban J connectivity index is 1.58. The van der Waals surface area contributed by atoms with E-state index in [0.29, 0.717) is 25.1 Å². The molecule has 2 aromatic rings. The SMILES string of the molecule is CCc1n[nH]c(=O)c(CNC(=O)N2CC[C@@H](Oc3ccncc3)C2)c1CC. The van der Waals surface area contributed by atoms with Crippen molar-refractivity contribution in [3.63, 3.8) is 0 Å². The molecule has 3 heterocycles. The minimum atomic E-state index is -0.246. The Morgan fingerprint density at radius 3 is 2.78 bits per heavy atom. The van der Waals surface area contributed by atoms with Crippen molar-refractivity contribution in [1.82, 2.24) is 25.4 Å². The number of urea groups is 1. The van der Waals surface area contributed by atoms with E-state index in [4.69, 9.17) is 4.74 Å². The average molecular weight is 371 g/mol. The zero-order valence-corrected chi connectivity index (χ0v) is 15.7. The molecule has 2 amide bonds. The Morgan fingerprint density at radius 2 is 2.07 bits per heavy atom. The van der Waals surface area contributed by atoms with Crippen molar-refractivity contribution in [2.24, 2.45) is 0 Å². The van der Waals surface area contributed by atoms with E-state index in [-0.39, 0.29) is 24.2 Å². The van der Waals surface area contributed by atoms with Gasteiger partial charge in [0.1, 0.15) is 11.9 Å². The molecule has 144 valence electrons. The number of hydrogen-bond acceptors (Lipinski definition) is 5. The minimum Gasteiger partial charge on any atom is -0.488 e. The van der Waals surface area contributed by atoms with Gasteiger partial charge in [-0.15, -0.1) is 0 Å². The van der Waals surface area contributed by atoms with E-state index >= 15 is 0 Å². The Labute approximate surface area is 158 Å². The summed E-state index contributed by atoms with van der Waals surface area (Å²) in [6, 6.07) is 3.42. The number of pyridine rings is 1. The summed E-state index contributed by atoms with van der Waals surface area (Å²) in [5.41, 5.74) is 2.13. The number of nitrogens with zero attached hydrogens (tertiary/aromatic N) is 3. The molecule has 0 spiro atoms. The van der Waals surface area contributed by atoms with Crippen LogP contribution in [-0.4, -0.2) is 45.3 Å². The molecule has 1 aliphatic rings. The van der Waals surface area contributed by atoms with Crippen LogP contribution in [0.5, 0.6) is 5.75 Å². The van der Waals surface area contributed by atoms with E-state index in [2.05, 4.69) is 20.5 Å². The van der Waals surface area contributed by atoms with Crippen molar-refractivity contribution in [2.45, 2.75) is 45.8 Å². The lowest BCUT2D eigenvalue weighted by Gasteiger charge is -2.18. The van der Waals surface area contributed by atoms with Crippen molar-refractivity contribution >= 4 is 6.03 Å². The fourth-order valence-corrected chi connectivity index (χ4v) is 3.36. The summed E-state index contributed by atoms with van der Waals surface area (Å²) in [6.45, 7) is 5.31. The lowest BCUT2D eigenvalue weighted by atomic mass is 10.0. The van der Waals surface area contributed by atoms with Gasteiger partial charge in [0.05, 0.1) is 18.8 Å². The van der Waals surface area contributed by atoms with Gasteiger partial charge in [0.2, 0.25) is 0 Å². The summed E-state index contributed by atoms with van der Waals surface area (Å²) in [4.78, 5) is 30.3. The fraction of sp³-hybridized carbons (Fsp3) is 0.474. The highest BCUT2D eigenvalue weighted by molar-refractivity contribution is 5.74. The van der Waals surface area contributed by atoms with Gasteiger partial charge in [-0.1, -0.05) is 13.8 Å². The van der Waals surface area contributed by atoms with E-state index in [1.807, 2.05) is 13.8 Å². The molecule has 0 saturated carbocycles. The number of amides is 2. The predicted molar refractivity (Wildman–Crippen MR) is 101 cm³/mol. The van der Waals surface area contributed by atoms with Crippen LogP contribution in [0.15, 0.2) is 29.3 Å². The van der Waals surface area contributed by atoms with Crippen LogP contribution in [0.4, 0.5) is 4.79 Å². The summed E-state index contributed by atoms with van der Waals surface area (Å²) in [5.74, 6) is 0.750. The molecular formula is C19H25N5O3. The molecule has 8 heteroatoms.